The van der Waals surface area contributed by atoms with Crippen LogP contribution in [-0.2, 0) is 10.2 Å². The first kappa shape index (κ1) is 18.1. The number of methoxy groups -OCH3 is 1. The Morgan fingerprint density at radius 2 is 1.74 bits per heavy atom. The first-order chi connectivity index (χ1) is 13.2. The van der Waals surface area contributed by atoms with Crippen LogP contribution in [-0.4, -0.2) is 37.6 Å². The van der Waals surface area contributed by atoms with Crippen LogP contribution in [0.4, 0.5) is 0 Å². The van der Waals surface area contributed by atoms with E-state index in [1.54, 1.807) is 7.11 Å². The molecule has 2 fully saturated rings. The van der Waals surface area contributed by atoms with E-state index in [2.05, 4.69) is 34.5 Å². The molecule has 0 aromatic heterocycles. The van der Waals surface area contributed by atoms with E-state index in [0.29, 0.717) is 0 Å². The number of carbonyl (C=O) groups excluding carboxylic acids is 1. The lowest BCUT2D eigenvalue weighted by molar-refractivity contribution is -0.124. The van der Waals surface area contributed by atoms with E-state index in [-0.39, 0.29) is 17.4 Å². The van der Waals surface area contributed by atoms with Gasteiger partial charge in [-0.25, -0.2) is 0 Å². The molecular formula is C23H28N2O2. The Balaban J connectivity index is 1.52. The van der Waals surface area contributed by atoms with Crippen LogP contribution in [0.15, 0.2) is 54.6 Å². The van der Waals surface area contributed by atoms with Crippen LogP contribution in [0, 0.1) is 0 Å². The molecule has 4 rings (SSSR count). The monoisotopic (exact) mass is 364 g/mol. The zero-order chi connectivity index (χ0) is 18.7. The quantitative estimate of drug-likeness (QED) is 0.815. The first-order valence-electron chi connectivity index (χ1n) is 9.94. The molecule has 1 aliphatic carbocycles. The van der Waals surface area contributed by atoms with Crippen molar-refractivity contribution in [3.8, 4) is 5.75 Å². The molecule has 1 aliphatic heterocycles. The van der Waals surface area contributed by atoms with Gasteiger partial charge in [-0.1, -0.05) is 42.5 Å². The third-order valence-corrected chi connectivity index (χ3v) is 5.97. The van der Waals surface area contributed by atoms with Crippen molar-refractivity contribution in [2.75, 3.05) is 26.7 Å². The highest BCUT2D eigenvalue weighted by molar-refractivity contribution is 5.91. The second-order valence-corrected chi connectivity index (χ2v) is 7.76. The van der Waals surface area contributed by atoms with E-state index in [1.165, 1.54) is 18.4 Å². The smallest absolute Gasteiger partial charge is 0.231 e. The van der Waals surface area contributed by atoms with E-state index >= 15 is 0 Å². The lowest BCUT2D eigenvalue weighted by atomic mass is 9.94. The summed E-state index contributed by atoms with van der Waals surface area (Å²) in [6.07, 6.45) is 4.34. The van der Waals surface area contributed by atoms with Crippen molar-refractivity contribution in [3.05, 3.63) is 65.7 Å². The molecule has 0 bridgehead atoms. The number of nitrogens with zero attached hydrogens (tertiary/aromatic N) is 1. The summed E-state index contributed by atoms with van der Waals surface area (Å²) in [7, 11) is 1.66. The van der Waals surface area contributed by atoms with Crippen LogP contribution in [0.2, 0.25) is 0 Å². The maximum absolute atomic E-state index is 13.3. The third kappa shape index (κ3) is 3.86. The fourth-order valence-electron chi connectivity index (χ4n) is 4.12. The average Bonchev–Trinajstić information content (AvgIpc) is 3.38. The van der Waals surface area contributed by atoms with Crippen LogP contribution >= 0.6 is 0 Å². The number of hydrogen-bond acceptors (Lipinski definition) is 3. The Labute approximate surface area is 161 Å². The molecule has 142 valence electrons. The second kappa shape index (κ2) is 7.73. The van der Waals surface area contributed by atoms with Crippen molar-refractivity contribution >= 4 is 5.91 Å². The number of ether oxygens (including phenoxy) is 1. The van der Waals surface area contributed by atoms with E-state index in [4.69, 9.17) is 4.74 Å². The highest BCUT2D eigenvalue weighted by Gasteiger charge is 2.51. The molecule has 1 N–H and O–H groups in total. The number of rotatable bonds is 7. The van der Waals surface area contributed by atoms with Crippen LogP contribution in [0.3, 0.4) is 0 Å². The first-order valence-corrected chi connectivity index (χ1v) is 9.94. The summed E-state index contributed by atoms with van der Waals surface area (Å²) >= 11 is 0. The predicted octanol–water partition coefficient (Wildman–Crippen LogP) is 3.68. The van der Waals surface area contributed by atoms with Gasteiger partial charge in [-0.15, -0.1) is 0 Å². The van der Waals surface area contributed by atoms with Gasteiger partial charge in [0.2, 0.25) is 5.91 Å². The highest BCUT2D eigenvalue weighted by atomic mass is 16.5. The molecule has 2 aromatic rings. The van der Waals surface area contributed by atoms with Gasteiger partial charge in [0.15, 0.2) is 0 Å². The lowest BCUT2D eigenvalue weighted by Crippen LogP contribution is -2.41. The van der Waals surface area contributed by atoms with Crippen molar-refractivity contribution in [2.45, 2.75) is 37.1 Å². The molecule has 1 unspecified atom stereocenters. The maximum atomic E-state index is 13.3. The lowest BCUT2D eigenvalue weighted by Gasteiger charge is -2.27. The summed E-state index contributed by atoms with van der Waals surface area (Å²) in [6.45, 7) is 3.14. The standard InChI is InChI=1S/C23H28N2O2/c1-27-20-11-9-19(10-12-20)23(13-14-23)22(26)24-21(17-25-15-5-6-16-25)18-7-3-2-4-8-18/h2-4,7-12,21H,5-6,13-17H2,1H3,(H,24,26). The summed E-state index contributed by atoms with van der Waals surface area (Å²) in [5.41, 5.74) is 1.90. The van der Waals surface area contributed by atoms with Gasteiger partial charge in [-0.05, 0) is 62.0 Å². The molecule has 4 heteroatoms. The fourth-order valence-corrected chi connectivity index (χ4v) is 4.12. The number of nitrogens with one attached hydrogen (secondary N) is 1. The molecule has 4 nitrogen and oxygen atoms in total. The predicted molar refractivity (Wildman–Crippen MR) is 107 cm³/mol. The highest BCUT2D eigenvalue weighted by Crippen LogP contribution is 2.49. The van der Waals surface area contributed by atoms with Crippen LogP contribution in [0.25, 0.3) is 0 Å². The van der Waals surface area contributed by atoms with E-state index in [9.17, 15) is 4.79 Å². The van der Waals surface area contributed by atoms with Gasteiger partial charge < -0.3 is 15.0 Å². The van der Waals surface area contributed by atoms with Gasteiger partial charge in [-0.3, -0.25) is 4.79 Å². The second-order valence-electron chi connectivity index (χ2n) is 7.76. The Bertz CT molecular complexity index is 763. The number of amides is 1. The van der Waals surface area contributed by atoms with Gasteiger partial charge in [0.05, 0.1) is 18.6 Å². The molecular weight excluding hydrogens is 336 g/mol. The minimum Gasteiger partial charge on any atom is -0.497 e. The van der Waals surface area contributed by atoms with Gasteiger partial charge in [0, 0.05) is 6.54 Å². The van der Waals surface area contributed by atoms with E-state index < -0.39 is 0 Å². The summed E-state index contributed by atoms with van der Waals surface area (Å²) in [5.74, 6) is 0.979. The van der Waals surface area contributed by atoms with Crippen molar-refractivity contribution in [3.63, 3.8) is 0 Å². The van der Waals surface area contributed by atoms with Crippen molar-refractivity contribution in [2.24, 2.45) is 0 Å². The Hall–Kier alpha value is -2.33. The van der Waals surface area contributed by atoms with Gasteiger partial charge in [-0.2, -0.15) is 0 Å². The van der Waals surface area contributed by atoms with E-state index in [1.807, 2.05) is 30.3 Å². The molecule has 0 spiro atoms. The zero-order valence-electron chi connectivity index (χ0n) is 16.0. The number of carbonyl (C=O) groups is 1. The number of benzene rings is 2. The molecule has 2 aliphatic rings. The Morgan fingerprint density at radius 1 is 1.07 bits per heavy atom. The minimum absolute atomic E-state index is 0.0347. The van der Waals surface area contributed by atoms with Crippen LogP contribution in [0.5, 0.6) is 5.75 Å². The van der Waals surface area contributed by atoms with Gasteiger partial charge >= 0.3 is 0 Å². The molecule has 0 radical (unpaired) electrons. The topological polar surface area (TPSA) is 41.6 Å². The zero-order valence-corrected chi connectivity index (χ0v) is 16.0. The molecule has 2 aromatic carbocycles. The van der Waals surface area contributed by atoms with E-state index in [0.717, 1.165) is 43.8 Å². The summed E-state index contributed by atoms with van der Waals surface area (Å²) in [4.78, 5) is 15.7. The number of likely N-dealkylation sites (tertiary alicyclic amines) is 1. The molecule has 27 heavy (non-hydrogen) atoms. The van der Waals surface area contributed by atoms with Gasteiger partial charge in [0.1, 0.15) is 5.75 Å². The largest absolute Gasteiger partial charge is 0.497 e. The molecule has 1 heterocycles. The number of hydrogen-bond donors (Lipinski definition) is 1. The fraction of sp³-hybridized carbons (Fsp3) is 0.435. The van der Waals surface area contributed by atoms with Crippen molar-refractivity contribution < 1.29 is 9.53 Å². The van der Waals surface area contributed by atoms with Crippen LogP contribution in [0.1, 0.15) is 42.9 Å². The molecule has 1 amide bonds. The summed E-state index contributed by atoms with van der Waals surface area (Å²) in [5, 5.41) is 3.38. The normalized spacial score (nSPS) is 19.4. The van der Waals surface area contributed by atoms with Gasteiger partial charge in [0.25, 0.3) is 0 Å². The molecule has 1 saturated carbocycles. The SMILES string of the molecule is COc1ccc(C2(C(=O)NC(CN3CCCC3)c3ccccc3)CC2)cc1. The Morgan fingerprint density at radius 3 is 2.33 bits per heavy atom. The van der Waals surface area contributed by atoms with Crippen LogP contribution < -0.4 is 10.1 Å². The average molecular weight is 364 g/mol. The summed E-state index contributed by atoms with van der Waals surface area (Å²) < 4.78 is 5.25. The van der Waals surface area contributed by atoms with Crippen molar-refractivity contribution in [1.29, 1.82) is 0 Å². The molecule has 1 saturated heterocycles. The third-order valence-electron chi connectivity index (χ3n) is 5.97. The molecule has 1 atom stereocenters. The Kier molecular flexibility index (Phi) is 5.17. The maximum Gasteiger partial charge on any atom is 0.231 e. The van der Waals surface area contributed by atoms with Crippen molar-refractivity contribution in [1.82, 2.24) is 10.2 Å². The minimum atomic E-state index is -0.371. The summed E-state index contributed by atoms with van der Waals surface area (Å²) in [6, 6.07) is 18.4.